The Morgan fingerprint density at radius 3 is 1.72 bits per heavy atom. The molecule has 7 heteroatoms. The van der Waals surface area contributed by atoms with E-state index in [1.54, 1.807) is 38.1 Å². The lowest BCUT2D eigenvalue weighted by atomic mass is 10.1. The Balaban J connectivity index is 1.90. The van der Waals surface area contributed by atoms with Crippen LogP contribution in [0.1, 0.15) is 31.8 Å². The molecule has 0 atom stereocenters. The maximum atomic E-state index is 12.7. The molecule has 6 nitrogen and oxygen atoms in total. The minimum absolute atomic E-state index is 0.0234. The van der Waals surface area contributed by atoms with Crippen LogP contribution in [0, 0.1) is 13.8 Å². The molecule has 0 bridgehead atoms. The van der Waals surface area contributed by atoms with Gasteiger partial charge in [-0.15, -0.1) is 0 Å². The highest BCUT2D eigenvalue weighted by Crippen LogP contribution is 2.28. The van der Waals surface area contributed by atoms with Crippen LogP contribution < -0.4 is 10.6 Å². The summed E-state index contributed by atoms with van der Waals surface area (Å²) in [5.74, 6) is -0.945. The molecule has 0 aliphatic heterocycles. The van der Waals surface area contributed by atoms with E-state index in [0.717, 1.165) is 0 Å². The first-order valence-electron chi connectivity index (χ1n) is 8.76. The molecule has 0 aliphatic rings. The highest BCUT2D eigenvalue weighted by Gasteiger charge is 2.16. The Kier molecular flexibility index (Phi) is 5.75. The second kappa shape index (κ2) is 8.24. The quantitative estimate of drug-likeness (QED) is 0.493. The lowest BCUT2D eigenvalue weighted by molar-refractivity contribution is 0.101. The number of hydrogen-bond acceptors (Lipinski definition) is 4. The van der Waals surface area contributed by atoms with Crippen molar-refractivity contribution >= 4 is 34.8 Å². The highest BCUT2D eigenvalue weighted by atomic mass is 35.5. The van der Waals surface area contributed by atoms with Crippen molar-refractivity contribution in [3.63, 3.8) is 0 Å². The molecular weight excluding hydrogens is 392 g/mol. The van der Waals surface area contributed by atoms with Gasteiger partial charge >= 0.3 is 0 Å². The Morgan fingerprint density at radius 1 is 0.724 bits per heavy atom. The van der Waals surface area contributed by atoms with Gasteiger partial charge in [-0.2, -0.15) is 0 Å². The standard InChI is InChI=1S/C22H19ClN2O4/c1-12-3-6-15(26)10-17(12)21(28)24-19-8-5-14(23)9-20(19)25-22(29)18-11-16(27)7-4-13(18)2/h3-11,26-27H,1-2H3,(H,24,28)(H,25,29). The highest BCUT2D eigenvalue weighted by molar-refractivity contribution is 6.31. The molecule has 0 aromatic heterocycles. The molecule has 2 amide bonds. The third-order valence-corrected chi connectivity index (χ3v) is 4.64. The van der Waals surface area contributed by atoms with Crippen LogP contribution in [-0.2, 0) is 0 Å². The number of hydrogen-bond donors (Lipinski definition) is 4. The third-order valence-electron chi connectivity index (χ3n) is 4.41. The van der Waals surface area contributed by atoms with Crippen LogP contribution in [0.3, 0.4) is 0 Å². The Labute approximate surface area is 172 Å². The van der Waals surface area contributed by atoms with Crippen molar-refractivity contribution in [3.8, 4) is 11.5 Å². The molecule has 0 heterocycles. The van der Waals surface area contributed by atoms with E-state index in [4.69, 9.17) is 11.6 Å². The predicted octanol–water partition coefficient (Wildman–Crippen LogP) is 4.87. The zero-order valence-electron chi connectivity index (χ0n) is 15.8. The minimum Gasteiger partial charge on any atom is -0.508 e. The average molecular weight is 411 g/mol. The van der Waals surface area contributed by atoms with E-state index in [1.807, 2.05) is 0 Å². The van der Waals surface area contributed by atoms with Crippen LogP contribution >= 0.6 is 11.6 Å². The molecule has 3 rings (SSSR count). The number of phenolic OH excluding ortho intramolecular Hbond substituents is 2. The second-order valence-electron chi connectivity index (χ2n) is 6.60. The Bertz CT molecular complexity index is 1110. The molecular formula is C22H19ClN2O4. The molecule has 0 fully saturated rings. The van der Waals surface area contributed by atoms with Crippen molar-refractivity contribution in [2.75, 3.05) is 10.6 Å². The summed E-state index contributed by atoms with van der Waals surface area (Å²) in [6, 6.07) is 13.7. The molecule has 0 spiro atoms. The number of rotatable bonds is 4. The van der Waals surface area contributed by atoms with Crippen molar-refractivity contribution in [3.05, 3.63) is 81.9 Å². The van der Waals surface area contributed by atoms with E-state index < -0.39 is 11.8 Å². The van der Waals surface area contributed by atoms with Crippen LogP contribution in [0.2, 0.25) is 5.02 Å². The molecule has 0 aliphatic carbocycles. The lowest BCUT2D eigenvalue weighted by Gasteiger charge is -2.15. The molecule has 3 aromatic rings. The van der Waals surface area contributed by atoms with Gasteiger partial charge in [-0.3, -0.25) is 9.59 Å². The first-order chi connectivity index (χ1) is 13.7. The number of halogens is 1. The molecule has 0 saturated carbocycles. The van der Waals surface area contributed by atoms with E-state index in [9.17, 15) is 19.8 Å². The molecule has 0 unspecified atom stereocenters. The Hall–Kier alpha value is -3.51. The molecule has 4 N–H and O–H groups in total. The molecule has 148 valence electrons. The number of carbonyl (C=O) groups is 2. The van der Waals surface area contributed by atoms with Crippen molar-refractivity contribution in [1.82, 2.24) is 0 Å². The van der Waals surface area contributed by atoms with Gasteiger partial charge in [0.25, 0.3) is 11.8 Å². The third kappa shape index (κ3) is 4.67. The SMILES string of the molecule is Cc1ccc(O)cc1C(=O)Nc1ccc(Cl)cc1NC(=O)c1cc(O)ccc1C. The summed E-state index contributed by atoms with van der Waals surface area (Å²) in [7, 11) is 0. The average Bonchev–Trinajstić information content (AvgIpc) is 2.67. The minimum atomic E-state index is -0.454. The van der Waals surface area contributed by atoms with Crippen LogP contribution in [0.15, 0.2) is 54.6 Å². The van der Waals surface area contributed by atoms with Gasteiger partial charge in [0.15, 0.2) is 0 Å². The number of carbonyl (C=O) groups excluding carboxylic acids is 2. The summed E-state index contributed by atoms with van der Waals surface area (Å²) in [6.45, 7) is 3.50. The normalized spacial score (nSPS) is 10.4. The maximum absolute atomic E-state index is 12.7. The number of amides is 2. The largest absolute Gasteiger partial charge is 0.508 e. The first-order valence-corrected chi connectivity index (χ1v) is 9.14. The summed E-state index contributed by atoms with van der Waals surface area (Å²) in [6.07, 6.45) is 0. The van der Waals surface area contributed by atoms with Crippen LogP contribution in [0.4, 0.5) is 11.4 Å². The fourth-order valence-corrected chi connectivity index (χ4v) is 2.99. The van der Waals surface area contributed by atoms with Gasteiger partial charge in [0.2, 0.25) is 0 Å². The summed E-state index contributed by atoms with van der Waals surface area (Å²) in [4.78, 5) is 25.4. The number of anilines is 2. The summed E-state index contributed by atoms with van der Waals surface area (Å²) >= 11 is 6.07. The first kappa shape index (κ1) is 20.2. The van der Waals surface area contributed by atoms with E-state index in [1.165, 1.54) is 30.3 Å². The number of benzene rings is 3. The van der Waals surface area contributed by atoms with Crippen LogP contribution in [0.25, 0.3) is 0 Å². The Morgan fingerprint density at radius 2 is 1.21 bits per heavy atom. The molecule has 0 radical (unpaired) electrons. The van der Waals surface area contributed by atoms with E-state index in [0.29, 0.717) is 38.7 Å². The topological polar surface area (TPSA) is 98.7 Å². The van der Waals surface area contributed by atoms with Crippen molar-refractivity contribution in [2.24, 2.45) is 0 Å². The summed E-state index contributed by atoms with van der Waals surface area (Å²) in [5.41, 5.74) is 2.62. The zero-order valence-corrected chi connectivity index (χ0v) is 16.5. The summed E-state index contributed by atoms with van der Waals surface area (Å²) < 4.78 is 0. The number of nitrogens with one attached hydrogen (secondary N) is 2. The van der Waals surface area contributed by atoms with E-state index in [2.05, 4.69) is 10.6 Å². The number of phenols is 2. The fourth-order valence-electron chi connectivity index (χ4n) is 2.82. The summed E-state index contributed by atoms with van der Waals surface area (Å²) in [5, 5.41) is 25.2. The maximum Gasteiger partial charge on any atom is 0.256 e. The molecule has 29 heavy (non-hydrogen) atoms. The zero-order chi connectivity index (χ0) is 21.1. The second-order valence-corrected chi connectivity index (χ2v) is 7.03. The van der Waals surface area contributed by atoms with Gasteiger partial charge in [-0.1, -0.05) is 23.7 Å². The monoisotopic (exact) mass is 410 g/mol. The predicted molar refractivity (Wildman–Crippen MR) is 113 cm³/mol. The van der Waals surface area contributed by atoms with Gasteiger partial charge in [0, 0.05) is 16.1 Å². The van der Waals surface area contributed by atoms with Crippen molar-refractivity contribution in [2.45, 2.75) is 13.8 Å². The van der Waals surface area contributed by atoms with E-state index in [-0.39, 0.29) is 11.5 Å². The van der Waals surface area contributed by atoms with Crippen LogP contribution in [0.5, 0.6) is 11.5 Å². The van der Waals surface area contributed by atoms with E-state index >= 15 is 0 Å². The molecule has 3 aromatic carbocycles. The van der Waals surface area contributed by atoms with Gasteiger partial charge in [-0.05, 0) is 67.4 Å². The van der Waals surface area contributed by atoms with Crippen molar-refractivity contribution < 1.29 is 19.8 Å². The van der Waals surface area contributed by atoms with Gasteiger partial charge in [0.05, 0.1) is 11.4 Å². The van der Waals surface area contributed by atoms with Gasteiger partial charge in [0.1, 0.15) is 11.5 Å². The van der Waals surface area contributed by atoms with Crippen LogP contribution in [-0.4, -0.2) is 22.0 Å². The number of aromatic hydroxyl groups is 2. The lowest BCUT2D eigenvalue weighted by Crippen LogP contribution is -2.18. The smallest absolute Gasteiger partial charge is 0.256 e. The fraction of sp³-hybridized carbons (Fsp3) is 0.0909. The van der Waals surface area contributed by atoms with Crippen molar-refractivity contribution in [1.29, 1.82) is 0 Å². The van der Waals surface area contributed by atoms with Gasteiger partial charge < -0.3 is 20.8 Å². The number of aryl methyl sites for hydroxylation is 2. The molecule has 0 saturated heterocycles. The van der Waals surface area contributed by atoms with Gasteiger partial charge in [-0.25, -0.2) is 0 Å².